The van der Waals surface area contributed by atoms with Gasteiger partial charge in [-0.2, -0.15) is 44.2 Å². The van der Waals surface area contributed by atoms with Crippen molar-refractivity contribution in [2.75, 3.05) is 5.73 Å². The molecule has 0 saturated heterocycles. The third-order valence-corrected chi connectivity index (χ3v) is 3.57. The van der Waals surface area contributed by atoms with Gasteiger partial charge >= 0.3 is 18.5 Å². The van der Waals surface area contributed by atoms with E-state index >= 15 is 0 Å². The molecule has 0 amide bonds. The van der Waals surface area contributed by atoms with Gasteiger partial charge in [0.05, 0.1) is 10.9 Å². The van der Waals surface area contributed by atoms with Crippen molar-refractivity contribution in [3.05, 3.63) is 41.2 Å². The average molecular weight is 415 g/mol. The molecule has 5 nitrogen and oxygen atoms in total. The summed E-state index contributed by atoms with van der Waals surface area (Å²) in [5, 5.41) is 2.25. The fourth-order valence-electron chi connectivity index (χ4n) is 2.43. The van der Waals surface area contributed by atoms with Crippen molar-refractivity contribution in [1.82, 2.24) is 19.7 Å². The highest BCUT2D eigenvalue weighted by molar-refractivity contribution is 5.91. The van der Waals surface area contributed by atoms with Gasteiger partial charge in [-0.15, -0.1) is 5.10 Å². The normalized spacial score (nSPS) is 13.3. The molecule has 0 aliphatic heterocycles. The molecular weight excluding hydrogens is 409 g/mol. The zero-order chi connectivity index (χ0) is 21.1. The molecule has 0 spiro atoms. The van der Waals surface area contributed by atoms with E-state index in [-0.39, 0.29) is 10.7 Å². The van der Waals surface area contributed by atoms with Crippen LogP contribution in [0.4, 0.5) is 45.3 Å². The van der Waals surface area contributed by atoms with Gasteiger partial charge in [0.15, 0.2) is 11.5 Å². The first kappa shape index (κ1) is 19.7. The van der Waals surface area contributed by atoms with Crippen LogP contribution in [0, 0.1) is 0 Å². The maximum atomic E-state index is 13.3. The van der Waals surface area contributed by atoms with Gasteiger partial charge in [0.25, 0.3) is 0 Å². The van der Waals surface area contributed by atoms with Crippen LogP contribution in [0.2, 0.25) is 0 Å². The second-order valence-electron chi connectivity index (χ2n) is 5.42. The minimum Gasteiger partial charge on any atom is -0.383 e. The summed E-state index contributed by atoms with van der Waals surface area (Å²) >= 11 is 0. The van der Waals surface area contributed by atoms with Crippen molar-refractivity contribution in [3.8, 4) is 5.82 Å². The molecule has 3 aromatic heterocycles. The van der Waals surface area contributed by atoms with Crippen molar-refractivity contribution in [1.29, 1.82) is 0 Å². The fourth-order valence-corrected chi connectivity index (χ4v) is 2.43. The van der Waals surface area contributed by atoms with Crippen molar-refractivity contribution in [3.63, 3.8) is 0 Å². The summed E-state index contributed by atoms with van der Waals surface area (Å²) in [6, 6.07) is 1.19. The van der Waals surface area contributed by atoms with E-state index in [0.29, 0.717) is 6.07 Å². The highest BCUT2D eigenvalue weighted by Crippen LogP contribution is 2.41. The number of hydrogen-bond acceptors (Lipinski definition) is 4. The molecule has 3 heterocycles. The first-order valence-electron chi connectivity index (χ1n) is 7.07. The molecule has 14 heteroatoms. The van der Waals surface area contributed by atoms with E-state index in [2.05, 4.69) is 15.1 Å². The monoisotopic (exact) mass is 415 g/mol. The van der Waals surface area contributed by atoms with Crippen LogP contribution in [-0.2, 0) is 18.5 Å². The number of hydrogen-bond donors (Lipinski definition) is 1. The lowest BCUT2D eigenvalue weighted by Gasteiger charge is -2.13. The van der Waals surface area contributed by atoms with Gasteiger partial charge in [-0.3, -0.25) is 0 Å². The number of nitrogens with zero attached hydrogens (tertiary/aromatic N) is 4. The number of alkyl halides is 9. The molecule has 0 aliphatic rings. The zero-order valence-electron chi connectivity index (χ0n) is 13.1. The molecule has 28 heavy (non-hydrogen) atoms. The first-order chi connectivity index (χ1) is 12.7. The van der Waals surface area contributed by atoms with Gasteiger partial charge in [0, 0.05) is 6.20 Å². The van der Waals surface area contributed by atoms with Gasteiger partial charge in [-0.1, -0.05) is 0 Å². The predicted molar refractivity (Wildman–Crippen MR) is 76.1 cm³/mol. The number of halogens is 9. The van der Waals surface area contributed by atoms with Gasteiger partial charge in [0.1, 0.15) is 17.1 Å². The van der Waals surface area contributed by atoms with Crippen LogP contribution in [-0.4, -0.2) is 19.7 Å². The average Bonchev–Trinajstić information content (AvgIpc) is 2.88. The Hall–Kier alpha value is -3.06. The van der Waals surface area contributed by atoms with Crippen LogP contribution in [0.1, 0.15) is 16.8 Å². The topological polar surface area (TPSA) is 69.6 Å². The van der Waals surface area contributed by atoms with E-state index in [1.54, 1.807) is 0 Å². The maximum Gasteiger partial charge on any atom is 0.433 e. The van der Waals surface area contributed by atoms with Crippen molar-refractivity contribution in [2.24, 2.45) is 0 Å². The summed E-state index contributed by atoms with van der Waals surface area (Å²) in [4.78, 5) is 6.38. The Morgan fingerprint density at radius 1 is 0.857 bits per heavy atom. The molecule has 0 unspecified atom stereocenters. The number of nitrogens with two attached hydrogens (primary N) is 1. The molecule has 3 rings (SSSR count). The third kappa shape index (κ3) is 3.29. The highest BCUT2D eigenvalue weighted by Gasteiger charge is 2.42. The van der Waals surface area contributed by atoms with E-state index in [1.165, 1.54) is 0 Å². The Balaban J connectivity index is 2.40. The van der Waals surface area contributed by atoms with Crippen LogP contribution in [0.15, 0.2) is 24.4 Å². The fraction of sp³-hybridized carbons (Fsp3) is 0.214. The minimum absolute atomic E-state index is 0.176. The molecule has 0 saturated carbocycles. The first-order valence-corrected chi connectivity index (χ1v) is 7.07. The zero-order valence-corrected chi connectivity index (χ0v) is 13.1. The van der Waals surface area contributed by atoms with E-state index < -0.39 is 58.0 Å². The Labute approximate surface area is 148 Å². The van der Waals surface area contributed by atoms with E-state index in [9.17, 15) is 39.5 Å². The number of anilines is 1. The van der Waals surface area contributed by atoms with Gasteiger partial charge < -0.3 is 5.73 Å². The molecule has 150 valence electrons. The third-order valence-electron chi connectivity index (χ3n) is 3.57. The van der Waals surface area contributed by atoms with Gasteiger partial charge in [-0.05, 0) is 18.2 Å². The SMILES string of the molecule is Nc1c2c(C(F)(F)F)cc(C(F)(F)F)nc2nn1-c1ncccc1C(F)(F)F. The summed E-state index contributed by atoms with van der Waals surface area (Å²) in [7, 11) is 0. The Bertz CT molecular complexity index is 1050. The number of pyridine rings is 2. The maximum absolute atomic E-state index is 13.3. The second-order valence-corrected chi connectivity index (χ2v) is 5.42. The van der Waals surface area contributed by atoms with E-state index in [1.807, 2.05) is 0 Å². The minimum atomic E-state index is -5.31. The molecule has 0 bridgehead atoms. The molecule has 0 radical (unpaired) electrons. The lowest BCUT2D eigenvalue weighted by Crippen LogP contribution is -2.14. The smallest absolute Gasteiger partial charge is 0.383 e. The van der Waals surface area contributed by atoms with E-state index in [0.717, 1.165) is 12.3 Å². The Morgan fingerprint density at radius 2 is 1.46 bits per heavy atom. The summed E-state index contributed by atoms with van der Waals surface area (Å²) in [5.41, 5.74) is -0.776. The molecular formula is C14H6F9N5. The van der Waals surface area contributed by atoms with Crippen LogP contribution in [0.3, 0.4) is 0 Å². The second kappa shape index (κ2) is 5.97. The van der Waals surface area contributed by atoms with Crippen molar-refractivity contribution >= 4 is 16.9 Å². The van der Waals surface area contributed by atoms with Crippen molar-refractivity contribution < 1.29 is 39.5 Å². The lowest BCUT2D eigenvalue weighted by atomic mass is 10.1. The van der Waals surface area contributed by atoms with Crippen LogP contribution < -0.4 is 5.73 Å². The Kier molecular flexibility index (Phi) is 4.20. The Morgan fingerprint density at radius 3 is 2.00 bits per heavy atom. The molecule has 0 aromatic carbocycles. The standard InChI is InChI=1S/C14H6F9N5/c15-12(16,17)5-2-1-3-25-11(5)28-9(24)8-6(13(18,19)20)4-7(14(21,22)23)26-10(8)27-28/h1-4H,24H2. The van der Waals surface area contributed by atoms with Crippen LogP contribution in [0.5, 0.6) is 0 Å². The highest BCUT2D eigenvalue weighted by atomic mass is 19.4. The van der Waals surface area contributed by atoms with Crippen molar-refractivity contribution in [2.45, 2.75) is 18.5 Å². The summed E-state index contributed by atoms with van der Waals surface area (Å²) < 4.78 is 118. The summed E-state index contributed by atoms with van der Waals surface area (Å²) in [6.45, 7) is 0. The van der Waals surface area contributed by atoms with Crippen LogP contribution in [0.25, 0.3) is 16.9 Å². The van der Waals surface area contributed by atoms with E-state index in [4.69, 9.17) is 5.73 Å². The van der Waals surface area contributed by atoms with Gasteiger partial charge in [-0.25, -0.2) is 9.97 Å². The quantitative estimate of drug-likeness (QED) is 0.597. The largest absolute Gasteiger partial charge is 0.433 e. The molecule has 0 fully saturated rings. The number of fused-ring (bicyclic) bond motifs is 1. The predicted octanol–water partition coefficient (Wildman–Crippen LogP) is 4.45. The molecule has 2 N–H and O–H groups in total. The summed E-state index contributed by atoms with van der Waals surface area (Å²) in [5.74, 6) is -2.00. The number of rotatable bonds is 1. The van der Waals surface area contributed by atoms with Gasteiger partial charge in [0.2, 0.25) is 0 Å². The summed E-state index contributed by atoms with van der Waals surface area (Å²) in [6.07, 6.45) is -14.7. The molecule has 0 atom stereocenters. The number of nitrogen functional groups attached to an aromatic ring is 1. The number of aromatic nitrogens is 4. The van der Waals surface area contributed by atoms with Crippen LogP contribution >= 0.6 is 0 Å². The lowest BCUT2D eigenvalue weighted by molar-refractivity contribution is -0.144. The molecule has 3 aromatic rings. The molecule has 0 aliphatic carbocycles.